The second kappa shape index (κ2) is 8.43. The normalized spacial score (nSPS) is 13.5. The van der Waals surface area contributed by atoms with Crippen molar-refractivity contribution in [2.75, 3.05) is 5.32 Å². The number of benzene rings is 1. The molecule has 0 fully saturated rings. The Balaban J connectivity index is 1.80. The van der Waals surface area contributed by atoms with E-state index < -0.39 is 0 Å². The number of nitrogens with zero attached hydrogens (tertiary/aromatic N) is 3. The van der Waals surface area contributed by atoms with E-state index in [1.165, 1.54) is 6.33 Å². The predicted molar refractivity (Wildman–Crippen MR) is 91.1 cm³/mol. The molecule has 124 valence electrons. The summed E-state index contributed by atoms with van der Waals surface area (Å²) in [5.41, 5.74) is 2.06. The molecule has 0 aliphatic heterocycles. The molecule has 0 unspecified atom stereocenters. The molecule has 2 N–H and O–H groups in total. The summed E-state index contributed by atoms with van der Waals surface area (Å²) in [6.45, 7) is 6.90. The minimum atomic E-state index is 0.0267. The topological polar surface area (TPSA) is 71.8 Å². The van der Waals surface area contributed by atoms with E-state index in [4.69, 9.17) is 0 Å². The molecule has 23 heavy (non-hydrogen) atoms. The molecular formula is C17H25N5O. The number of nitrogens with one attached hydrogen (secondary N) is 2. The standard InChI is InChI=1S/C17H25N5O/c1-4-15-7-5-6-8-16(15)21-17(23)9-13(2)20-14(3)10-22-12-18-11-19-22/h5-8,11-14,20H,4,9-10H2,1-3H3,(H,21,23)/t13-,14-/m0/s1. The molecule has 2 aromatic rings. The summed E-state index contributed by atoms with van der Waals surface area (Å²) in [6.07, 6.45) is 4.55. The average Bonchev–Trinajstić information content (AvgIpc) is 3.00. The summed E-state index contributed by atoms with van der Waals surface area (Å²) < 4.78 is 1.78. The highest BCUT2D eigenvalue weighted by Gasteiger charge is 2.13. The van der Waals surface area contributed by atoms with E-state index in [0.717, 1.165) is 24.2 Å². The molecule has 0 aliphatic rings. The van der Waals surface area contributed by atoms with Gasteiger partial charge in [-0.15, -0.1) is 0 Å². The molecular weight excluding hydrogens is 290 g/mol. The monoisotopic (exact) mass is 315 g/mol. The zero-order valence-corrected chi connectivity index (χ0v) is 14.0. The van der Waals surface area contributed by atoms with Crippen LogP contribution in [0.2, 0.25) is 0 Å². The van der Waals surface area contributed by atoms with Crippen LogP contribution in [0.1, 0.15) is 32.8 Å². The lowest BCUT2D eigenvalue weighted by Gasteiger charge is -2.20. The molecule has 0 saturated heterocycles. The summed E-state index contributed by atoms with van der Waals surface area (Å²) in [6, 6.07) is 8.21. The molecule has 0 spiro atoms. The summed E-state index contributed by atoms with van der Waals surface area (Å²) in [7, 11) is 0. The smallest absolute Gasteiger partial charge is 0.225 e. The summed E-state index contributed by atoms with van der Waals surface area (Å²) in [5, 5.41) is 10.5. The maximum atomic E-state index is 12.2. The van der Waals surface area contributed by atoms with Gasteiger partial charge in [-0.2, -0.15) is 5.10 Å². The van der Waals surface area contributed by atoms with E-state index in [9.17, 15) is 4.79 Å². The molecule has 1 aromatic heterocycles. The molecule has 2 rings (SSSR count). The maximum Gasteiger partial charge on any atom is 0.225 e. The number of anilines is 1. The van der Waals surface area contributed by atoms with Crippen LogP contribution in [0, 0.1) is 0 Å². The van der Waals surface area contributed by atoms with Gasteiger partial charge in [0.2, 0.25) is 5.91 Å². The van der Waals surface area contributed by atoms with Crippen molar-refractivity contribution in [1.29, 1.82) is 0 Å². The van der Waals surface area contributed by atoms with Crippen LogP contribution in [0.5, 0.6) is 0 Å². The van der Waals surface area contributed by atoms with E-state index in [0.29, 0.717) is 6.42 Å². The first-order chi connectivity index (χ1) is 11.1. The first kappa shape index (κ1) is 17.1. The van der Waals surface area contributed by atoms with Crippen molar-refractivity contribution in [1.82, 2.24) is 20.1 Å². The highest BCUT2D eigenvalue weighted by Crippen LogP contribution is 2.15. The molecule has 2 atom stereocenters. The third-order valence-electron chi connectivity index (χ3n) is 3.66. The predicted octanol–water partition coefficient (Wildman–Crippen LogP) is 2.24. The Morgan fingerprint density at radius 1 is 1.26 bits per heavy atom. The molecule has 1 heterocycles. The van der Waals surface area contributed by atoms with Crippen molar-refractivity contribution < 1.29 is 4.79 Å². The van der Waals surface area contributed by atoms with Gasteiger partial charge in [0.1, 0.15) is 12.7 Å². The second-order valence-corrected chi connectivity index (χ2v) is 5.85. The molecule has 0 bridgehead atoms. The highest BCUT2D eigenvalue weighted by atomic mass is 16.1. The molecule has 6 nitrogen and oxygen atoms in total. The number of hydrogen-bond acceptors (Lipinski definition) is 4. The van der Waals surface area contributed by atoms with Gasteiger partial charge in [0.15, 0.2) is 0 Å². The Kier molecular flexibility index (Phi) is 6.29. The van der Waals surface area contributed by atoms with Crippen LogP contribution in [0.3, 0.4) is 0 Å². The Labute approximate surface area is 137 Å². The lowest BCUT2D eigenvalue weighted by atomic mass is 10.1. The second-order valence-electron chi connectivity index (χ2n) is 5.85. The van der Waals surface area contributed by atoms with Crippen LogP contribution in [-0.4, -0.2) is 32.8 Å². The van der Waals surface area contributed by atoms with Crippen LogP contribution < -0.4 is 10.6 Å². The highest BCUT2D eigenvalue weighted by molar-refractivity contribution is 5.91. The van der Waals surface area contributed by atoms with Gasteiger partial charge < -0.3 is 10.6 Å². The fourth-order valence-corrected chi connectivity index (χ4v) is 2.63. The lowest BCUT2D eigenvalue weighted by molar-refractivity contribution is -0.116. The fraction of sp³-hybridized carbons (Fsp3) is 0.471. The van der Waals surface area contributed by atoms with Gasteiger partial charge in [-0.25, -0.2) is 4.98 Å². The third kappa shape index (κ3) is 5.49. The van der Waals surface area contributed by atoms with E-state index in [2.05, 4.69) is 34.6 Å². The number of amides is 1. The lowest BCUT2D eigenvalue weighted by Crippen LogP contribution is -2.39. The van der Waals surface area contributed by atoms with Crippen LogP contribution in [0.25, 0.3) is 0 Å². The van der Waals surface area contributed by atoms with Gasteiger partial charge in [0.25, 0.3) is 0 Å². The number of hydrogen-bond donors (Lipinski definition) is 2. The Morgan fingerprint density at radius 2 is 2.04 bits per heavy atom. The van der Waals surface area contributed by atoms with Gasteiger partial charge in [-0.3, -0.25) is 9.48 Å². The fourth-order valence-electron chi connectivity index (χ4n) is 2.63. The number of carbonyl (C=O) groups is 1. The number of aryl methyl sites for hydroxylation is 1. The SMILES string of the molecule is CCc1ccccc1NC(=O)C[C@H](C)N[C@@H](C)Cn1cncn1. The van der Waals surface area contributed by atoms with E-state index in [1.54, 1.807) is 11.0 Å². The van der Waals surface area contributed by atoms with E-state index >= 15 is 0 Å². The van der Waals surface area contributed by atoms with Gasteiger partial charge in [0.05, 0.1) is 6.54 Å². The number of para-hydroxylation sites is 1. The minimum absolute atomic E-state index is 0.0267. The van der Waals surface area contributed by atoms with Crippen LogP contribution in [-0.2, 0) is 17.8 Å². The third-order valence-corrected chi connectivity index (χ3v) is 3.66. The summed E-state index contributed by atoms with van der Waals surface area (Å²) in [5.74, 6) is 0.0267. The van der Waals surface area contributed by atoms with Gasteiger partial charge in [-0.05, 0) is 31.9 Å². The molecule has 6 heteroatoms. The van der Waals surface area contributed by atoms with Crippen molar-refractivity contribution in [3.63, 3.8) is 0 Å². The minimum Gasteiger partial charge on any atom is -0.326 e. The first-order valence-corrected chi connectivity index (χ1v) is 8.04. The number of aromatic nitrogens is 3. The first-order valence-electron chi connectivity index (χ1n) is 8.04. The van der Waals surface area contributed by atoms with E-state index in [-0.39, 0.29) is 18.0 Å². The van der Waals surface area contributed by atoms with Gasteiger partial charge >= 0.3 is 0 Å². The van der Waals surface area contributed by atoms with Crippen molar-refractivity contribution in [3.8, 4) is 0 Å². The molecule has 0 aliphatic carbocycles. The molecule has 1 amide bonds. The Bertz CT molecular complexity index is 611. The zero-order chi connectivity index (χ0) is 16.7. The van der Waals surface area contributed by atoms with Gasteiger partial charge in [-0.1, -0.05) is 25.1 Å². The van der Waals surface area contributed by atoms with E-state index in [1.807, 2.05) is 31.2 Å². The van der Waals surface area contributed by atoms with Crippen LogP contribution in [0.4, 0.5) is 5.69 Å². The molecule has 1 aromatic carbocycles. The van der Waals surface area contributed by atoms with Crippen LogP contribution >= 0.6 is 0 Å². The Morgan fingerprint density at radius 3 is 2.74 bits per heavy atom. The zero-order valence-electron chi connectivity index (χ0n) is 14.0. The summed E-state index contributed by atoms with van der Waals surface area (Å²) in [4.78, 5) is 16.1. The maximum absolute atomic E-state index is 12.2. The van der Waals surface area contributed by atoms with Crippen molar-refractivity contribution in [2.24, 2.45) is 0 Å². The van der Waals surface area contributed by atoms with Crippen molar-refractivity contribution >= 4 is 11.6 Å². The largest absolute Gasteiger partial charge is 0.326 e. The molecule has 0 radical (unpaired) electrons. The average molecular weight is 315 g/mol. The van der Waals surface area contributed by atoms with Crippen molar-refractivity contribution in [3.05, 3.63) is 42.5 Å². The van der Waals surface area contributed by atoms with Crippen molar-refractivity contribution in [2.45, 2.75) is 52.2 Å². The summed E-state index contributed by atoms with van der Waals surface area (Å²) >= 11 is 0. The molecule has 0 saturated carbocycles. The quantitative estimate of drug-likeness (QED) is 0.783. The van der Waals surface area contributed by atoms with Gasteiger partial charge in [0, 0.05) is 24.2 Å². The number of carbonyl (C=O) groups excluding carboxylic acids is 1. The van der Waals surface area contributed by atoms with Crippen LogP contribution in [0.15, 0.2) is 36.9 Å². The number of rotatable bonds is 8. The Hall–Kier alpha value is -2.21.